The lowest BCUT2D eigenvalue weighted by atomic mass is 10.1. The van der Waals surface area contributed by atoms with E-state index in [2.05, 4.69) is 45.6 Å². The molecule has 2 nitrogen and oxygen atoms in total. The van der Waals surface area contributed by atoms with Gasteiger partial charge in [-0.2, -0.15) is 5.10 Å². The molecule has 1 rings (SSSR count). The summed E-state index contributed by atoms with van der Waals surface area (Å²) in [5, 5.41) is 5.54. The van der Waals surface area contributed by atoms with Crippen LogP contribution in [0.15, 0.2) is 6.07 Å². The van der Waals surface area contributed by atoms with Gasteiger partial charge in [0.25, 0.3) is 0 Å². The Hall–Kier alpha value is -0.310. The zero-order valence-electron chi connectivity index (χ0n) is 9.26. The van der Waals surface area contributed by atoms with Gasteiger partial charge >= 0.3 is 0 Å². The molecule has 1 unspecified atom stereocenters. The van der Waals surface area contributed by atoms with Crippen molar-refractivity contribution in [2.45, 2.75) is 40.2 Å². The van der Waals surface area contributed by atoms with Gasteiger partial charge in [0, 0.05) is 17.6 Å². The molecule has 0 aromatic carbocycles. The molecule has 0 fully saturated rings. The summed E-state index contributed by atoms with van der Waals surface area (Å²) in [5.41, 5.74) is 2.39. The van der Waals surface area contributed by atoms with E-state index >= 15 is 0 Å². The molecule has 0 saturated carbocycles. The van der Waals surface area contributed by atoms with Crippen molar-refractivity contribution >= 4 is 15.9 Å². The lowest BCUT2D eigenvalue weighted by Gasteiger charge is -2.13. The maximum Gasteiger partial charge on any atom is 0.0596 e. The van der Waals surface area contributed by atoms with Gasteiger partial charge in [-0.25, -0.2) is 0 Å². The van der Waals surface area contributed by atoms with Gasteiger partial charge < -0.3 is 0 Å². The van der Waals surface area contributed by atoms with Gasteiger partial charge in [-0.15, -0.1) is 0 Å². The van der Waals surface area contributed by atoms with Crippen molar-refractivity contribution in [3.8, 4) is 0 Å². The van der Waals surface area contributed by atoms with Crippen LogP contribution in [0.5, 0.6) is 0 Å². The summed E-state index contributed by atoms with van der Waals surface area (Å²) >= 11 is 3.56. The molecule has 0 aliphatic heterocycles. The average Bonchev–Trinajstić information content (AvgIpc) is 2.44. The third-order valence-electron chi connectivity index (χ3n) is 2.45. The number of aromatic nitrogens is 2. The predicted octanol–water partition coefficient (Wildman–Crippen LogP) is 3.31. The SMILES string of the molecule is CCCC(CBr)Cn1nc(C)cc1C. The zero-order chi connectivity index (χ0) is 10.6. The molecule has 3 heteroatoms. The van der Waals surface area contributed by atoms with E-state index in [1.54, 1.807) is 0 Å². The average molecular weight is 259 g/mol. The first kappa shape index (κ1) is 11.8. The molecule has 0 amide bonds. The second-order valence-corrected chi connectivity index (χ2v) is 4.57. The van der Waals surface area contributed by atoms with Crippen molar-refractivity contribution < 1.29 is 0 Å². The predicted molar refractivity (Wildman–Crippen MR) is 63.9 cm³/mol. The van der Waals surface area contributed by atoms with Crippen LogP contribution in [0.2, 0.25) is 0 Å². The highest BCUT2D eigenvalue weighted by molar-refractivity contribution is 9.09. The summed E-state index contributed by atoms with van der Waals surface area (Å²) in [7, 11) is 0. The van der Waals surface area contributed by atoms with Gasteiger partial charge in [-0.05, 0) is 32.3 Å². The zero-order valence-corrected chi connectivity index (χ0v) is 10.8. The monoisotopic (exact) mass is 258 g/mol. The summed E-state index contributed by atoms with van der Waals surface area (Å²) in [6, 6.07) is 2.14. The van der Waals surface area contributed by atoms with Gasteiger partial charge in [-0.1, -0.05) is 29.3 Å². The van der Waals surface area contributed by atoms with E-state index in [4.69, 9.17) is 0 Å². The second-order valence-electron chi connectivity index (χ2n) is 3.92. The first-order valence-electron chi connectivity index (χ1n) is 5.24. The van der Waals surface area contributed by atoms with Crippen LogP contribution in [0.4, 0.5) is 0 Å². The van der Waals surface area contributed by atoms with Crippen molar-refractivity contribution in [3.63, 3.8) is 0 Å². The molecule has 0 saturated heterocycles. The maximum absolute atomic E-state index is 4.48. The second kappa shape index (κ2) is 5.54. The Morgan fingerprint density at radius 1 is 1.50 bits per heavy atom. The third-order valence-corrected chi connectivity index (χ3v) is 3.37. The van der Waals surface area contributed by atoms with Crippen molar-refractivity contribution in [2.75, 3.05) is 5.33 Å². The lowest BCUT2D eigenvalue weighted by molar-refractivity contribution is 0.422. The van der Waals surface area contributed by atoms with Crippen LogP contribution in [-0.2, 0) is 6.54 Å². The quantitative estimate of drug-likeness (QED) is 0.742. The van der Waals surface area contributed by atoms with Gasteiger partial charge in [-0.3, -0.25) is 4.68 Å². The Bertz CT molecular complexity index is 281. The molecule has 1 atom stereocenters. The number of aryl methyl sites for hydroxylation is 2. The Kier molecular flexibility index (Phi) is 4.66. The molecule has 0 spiro atoms. The highest BCUT2D eigenvalue weighted by Crippen LogP contribution is 2.14. The molecule has 0 aliphatic rings. The lowest BCUT2D eigenvalue weighted by Crippen LogP contribution is -2.14. The first-order valence-corrected chi connectivity index (χ1v) is 6.36. The van der Waals surface area contributed by atoms with Crippen LogP contribution in [0.1, 0.15) is 31.2 Å². The largest absolute Gasteiger partial charge is 0.269 e. The van der Waals surface area contributed by atoms with Crippen LogP contribution < -0.4 is 0 Å². The molecule has 0 bridgehead atoms. The standard InChI is InChI=1S/C11H19BrN2/c1-4-5-11(7-12)8-14-10(3)6-9(2)13-14/h6,11H,4-5,7-8H2,1-3H3. The van der Waals surface area contributed by atoms with Gasteiger partial charge in [0.05, 0.1) is 5.69 Å². The molecule has 0 radical (unpaired) electrons. The van der Waals surface area contributed by atoms with Crippen molar-refractivity contribution in [1.82, 2.24) is 9.78 Å². The number of rotatable bonds is 5. The van der Waals surface area contributed by atoms with E-state index in [1.165, 1.54) is 18.5 Å². The molecule has 0 aliphatic carbocycles. The van der Waals surface area contributed by atoms with Gasteiger partial charge in [0.15, 0.2) is 0 Å². The van der Waals surface area contributed by atoms with Crippen LogP contribution >= 0.6 is 15.9 Å². The van der Waals surface area contributed by atoms with Gasteiger partial charge in [0.2, 0.25) is 0 Å². The Balaban J connectivity index is 2.61. The number of hydrogen-bond acceptors (Lipinski definition) is 1. The molecule has 80 valence electrons. The summed E-state index contributed by atoms with van der Waals surface area (Å²) in [6.45, 7) is 7.44. The normalized spacial score (nSPS) is 13.1. The number of nitrogens with zero attached hydrogens (tertiary/aromatic N) is 2. The number of alkyl halides is 1. The molecule has 1 aromatic rings. The van der Waals surface area contributed by atoms with Crippen molar-refractivity contribution in [3.05, 3.63) is 17.5 Å². The van der Waals surface area contributed by atoms with Crippen molar-refractivity contribution in [2.24, 2.45) is 5.92 Å². The Morgan fingerprint density at radius 3 is 2.64 bits per heavy atom. The third kappa shape index (κ3) is 3.12. The minimum absolute atomic E-state index is 0.706. The topological polar surface area (TPSA) is 17.8 Å². The molecule has 0 N–H and O–H groups in total. The van der Waals surface area contributed by atoms with Gasteiger partial charge in [0.1, 0.15) is 0 Å². The van der Waals surface area contributed by atoms with Crippen LogP contribution in [-0.4, -0.2) is 15.1 Å². The van der Waals surface area contributed by atoms with Crippen LogP contribution in [0.25, 0.3) is 0 Å². The molecular weight excluding hydrogens is 240 g/mol. The van der Waals surface area contributed by atoms with E-state index in [0.29, 0.717) is 5.92 Å². The molecule has 14 heavy (non-hydrogen) atoms. The van der Waals surface area contributed by atoms with Crippen molar-refractivity contribution in [1.29, 1.82) is 0 Å². The fourth-order valence-electron chi connectivity index (χ4n) is 1.73. The van der Waals surface area contributed by atoms with E-state index in [9.17, 15) is 0 Å². The van der Waals surface area contributed by atoms with E-state index in [1.807, 2.05) is 6.92 Å². The van der Waals surface area contributed by atoms with E-state index < -0.39 is 0 Å². The summed E-state index contributed by atoms with van der Waals surface area (Å²) in [5.74, 6) is 0.706. The minimum atomic E-state index is 0.706. The summed E-state index contributed by atoms with van der Waals surface area (Å²) in [6.07, 6.45) is 2.51. The highest BCUT2D eigenvalue weighted by atomic mass is 79.9. The van der Waals surface area contributed by atoms with E-state index in [-0.39, 0.29) is 0 Å². The summed E-state index contributed by atoms with van der Waals surface area (Å²) in [4.78, 5) is 0. The molecular formula is C11H19BrN2. The highest BCUT2D eigenvalue weighted by Gasteiger charge is 2.09. The number of hydrogen-bond donors (Lipinski definition) is 0. The molecule has 1 aromatic heterocycles. The van der Waals surface area contributed by atoms with Crippen LogP contribution in [0, 0.1) is 19.8 Å². The fraction of sp³-hybridized carbons (Fsp3) is 0.727. The smallest absolute Gasteiger partial charge is 0.0596 e. The Labute approximate surface area is 94.8 Å². The fourth-order valence-corrected chi connectivity index (χ4v) is 2.26. The maximum atomic E-state index is 4.48. The first-order chi connectivity index (χ1) is 6.67. The van der Waals surface area contributed by atoms with Crippen LogP contribution in [0.3, 0.4) is 0 Å². The van der Waals surface area contributed by atoms with E-state index in [0.717, 1.165) is 17.6 Å². The minimum Gasteiger partial charge on any atom is -0.269 e. The molecule has 1 heterocycles. The Morgan fingerprint density at radius 2 is 2.21 bits per heavy atom. The number of halogens is 1. The summed E-state index contributed by atoms with van der Waals surface area (Å²) < 4.78 is 2.12.